The van der Waals surface area contributed by atoms with Crippen LogP contribution in [-0.2, 0) is 0 Å². The summed E-state index contributed by atoms with van der Waals surface area (Å²) in [6, 6.07) is 0. The fourth-order valence-corrected chi connectivity index (χ4v) is 3.36. The zero-order chi connectivity index (χ0) is 4.24. The minimum absolute atomic E-state index is 0. The number of hydrogen-bond donors (Lipinski definition) is 0. The van der Waals surface area contributed by atoms with Crippen LogP contribution in [0.15, 0.2) is 0 Å². The van der Waals surface area contributed by atoms with Crippen molar-refractivity contribution in [2.45, 2.75) is 6.42 Å². The number of hydrogen-bond acceptors (Lipinski definition) is 0. The van der Waals surface area contributed by atoms with Gasteiger partial charge in [0.25, 0.3) is 0 Å². The van der Waals surface area contributed by atoms with Gasteiger partial charge in [0, 0.05) is 0 Å². The molecule has 36 valence electrons. The predicted molar refractivity (Wildman–Crippen MR) is 35.3 cm³/mol. The molecule has 0 aliphatic carbocycles. The van der Waals surface area contributed by atoms with Gasteiger partial charge in [-0.05, 0) is 0 Å². The van der Waals surface area contributed by atoms with Crippen LogP contribution in [0, 0.1) is 5.90 Å². The summed E-state index contributed by atoms with van der Waals surface area (Å²) in [6.45, 7) is 0. The van der Waals surface area contributed by atoms with E-state index in [1.165, 1.54) is 35.9 Å². The van der Waals surface area contributed by atoms with Crippen LogP contribution in [0.1, 0.15) is 6.42 Å². The molecule has 0 spiro atoms. The van der Waals surface area contributed by atoms with Gasteiger partial charge in [-0.2, -0.15) is 0 Å². The number of rotatable bonds is 0. The molecule has 1 aliphatic rings. The molecule has 0 radical (unpaired) electrons. The van der Waals surface area contributed by atoms with Crippen LogP contribution in [0.3, 0.4) is 0 Å². The van der Waals surface area contributed by atoms with Crippen molar-refractivity contribution >= 4 is 17.2 Å². The Morgan fingerprint density at radius 3 is 1.86 bits per heavy atom. The first kappa shape index (κ1) is 8.46. The van der Waals surface area contributed by atoms with Crippen molar-refractivity contribution < 1.29 is 18.9 Å². The zero-order valence-corrected chi connectivity index (χ0v) is 6.70. The standard InChI is InChI=1S/C4H9P2.Li/c1-2-5-4-6-3-1;/h4-6H,1-3H2;/q-1;+1. The maximum atomic E-state index is 2.45. The summed E-state index contributed by atoms with van der Waals surface area (Å²) >= 11 is 0. The average Bonchev–Trinajstić information content (AvgIpc) is 1.72. The fraction of sp³-hybridized carbons (Fsp3) is 0.750. The van der Waals surface area contributed by atoms with E-state index in [0.717, 1.165) is 0 Å². The molecular formula is C4H9LiP2. The van der Waals surface area contributed by atoms with Gasteiger partial charge in [-0.3, -0.25) is 23.1 Å². The van der Waals surface area contributed by atoms with E-state index >= 15 is 0 Å². The molecule has 0 amide bonds. The molecule has 0 aromatic rings. The third kappa shape index (κ3) is 3.99. The van der Waals surface area contributed by atoms with Crippen molar-refractivity contribution in [2.75, 3.05) is 12.3 Å². The van der Waals surface area contributed by atoms with Gasteiger partial charge in [-0.1, -0.05) is 18.7 Å². The molecule has 0 N–H and O–H groups in total. The van der Waals surface area contributed by atoms with Gasteiger partial charge >= 0.3 is 18.9 Å². The van der Waals surface area contributed by atoms with E-state index in [1.54, 1.807) is 0 Å². The molecular weight excluding hydrogens is 117 g/mol. The summed E-state index contributed by atoms with van der Waals surface area (Å²) < 4.78 is 0. The summed E-state index contributed by atoms with van der Waals surface area (Å²) in [5.41, 5.74) is 0. The Morgan fingerprint density at radius 1 is 1.14 bits per heavy atom. The van der Waals surface area contributed by atoms with Crippen molar-refractivity contribution in [3.05, 3.63) is 5.90 Å². The molecule has 0 aromatic carbocycles. The van der Waals surface area contributed by atoms with E-state index in [2.05, 4.69) is 5.90 Å². The van der Waals surface area contributed by atoms with Crippen LogP contribution in [0.2, 0.25) is 0 Å². The zero-order valence-electron chi connectivity index (χ0n) is 4.70. The Morgan fingerprint density at radius 2 is 1.71 bits per heavy atom. The summed E-state index contributed by atoms with van der Waals surface area (Å²) in [5, 5.41) is 0. The summed E-state index contributed by atoms with van der Waals surface area (Å²) in [5.74, 6) is 2.45. The molecule has 0 bridgehead atoms. The van der Waals surface area contributed by atoms with Gasteiger partial charge in [0.05, 0.1) is 0 Å². The molecule has 1 rings (SSSR count). The van der Waals surface area contributed by atoms with Crippen LogP contribution in [0.25, 0.3) is 0 Å². The third-order valence-electron chi connectivity index (χ3n) is 0.846. The molecule has 1 fully saturated rings. The van der Waals surface area contributed by atoms with Gasteiger partial charge in [0.2, 0.25) is 0 Å². The van der Waals surface area contributed by atoms with E-state index in [9.17, 15) is 0 Å². The molecule has 7 heavy (non-hydrogen) atoms. The fourth-order valence-electron chi connectivity index (χ4n) is 0.509. The topological polar surface area (TPSA) is 0 Å². The molecule has 0 nitrogen and oxygen atoms in total. The Labute approximate surface area is 61.0 Å². The van der Waals surface area contributed by atoms with E-state index in [0.29, 0.717) is 0 Å². The molecule has 0 aromatic heterocycles. The van der Waals surface area contributed by atoms with Crippen molar-refractivity contribution in [3.63, 3.8) is 0 Å². The monoisotopic (exact) mass is 126 g/mol. The molecule has 1 aliphatic heterocycles. The van der Waals surface area contributed by atoms with Gasteiger partial charge in [-0.25, -0.2) is 0 Å². The predicted octanol–water partition coefficient (Wildman–Crippen LogP) is -1.13. The van der Waals surface area contributed by atoms with E-state index < -0.39 is 0 Å². The van der Waals surface area contributed by atoms with E-state index in [-0.39, 0.29) is 18.9 Å². The molecule has 0 saturated carbocycles. The van der Waals surface area contributed by atoms with Crippen LogP contribution >= 0.6 is 17.2 Å². The summed E-state index contributed by atoms with van der Waals surface area (Å²) in [7, 11) is 2.38. The van der Waals surface area contributed by atoms with Gasteiger partial charge in [0.15, 0.2) is 0 Å². The molecule has 2 atom stereocenters. The summed E-state index contributed by atoms with van der Waals surface area (Å²) in [6.07, 6.45) is 4.45. The van der Waals surface area contributed by atoms with Crippen molar-refractivity contribution in [3.8, 4) is 0 Å². The van der Waals surface area contributed by atoms with Gasteiger partial charge < -0.3 is 0 Å². The van der Waals surface area contributed by atoms with Crippen molar-refractivity contribution in [1.29, 1.82) is 0 Å². The van der Waals surface area contributed by atoms with Crippen LogP contribution in [0.5, 0.6) is 0 Å². The second-order valence-corrected chi connectivity index (χ2v) is 4.38. The smallest absolute Gasteiger partial charge is 0.282 e. The average molecular weight is 126 g/mol. The maximum absolute atomic E-state index is 2.45. The second-order valence-electron chi connectivity index (χ2n) is 1.41. The molecule has 2 unspecified atom stereocenters. The largest absolute Gasteiger partial charge is 1.00 e. The molecule has 3 heteroatoms. The van der Waals surface area contributed by atoms with E-state index in [4.69, 9.17) is 0 Å². The van der Waals surface area contributed by atoms with Gasteiger partial charge in [-0.15, -0.1) is 0 Å². The van der Waals surface area contributed by atoms with Crippen molar-refractivity contribution in [1.82, 2.24) is 0 Å². The van der Waals surface area contributed by atoms with Crippen LogP contribution in [-0.4, -0.2) is 12.3 Å². The maximum Gasteiger partial charge on any atom is 1.00 e. The normalized spacial score (nSPS) is 27.4. The minimum Gasteiger partial charge on any atom is -0.282 e. The summed E-state index contributed by atoms with van der Waals surface area (Å²) in [4.78, 5) is 0. The Hall–Kier alpha value is 1.46. The van der Waals surface area contributed by atoms with E-state index in [1.807, 2.05) is 0 Å². The SMILES string of the molecule is [CH-]1PCCCP1.[Li+]. The van der Waals surface area contributed by atoms with Crippen LogP contribution < -0.4 is 18.9 Å². The third-order valence-corrected chi connectivity index (χ3v) is 3.76. The van der Waals surface area contributed by atoms with Gasteiger partial charge in [0.1, 0.15) is 0 Å². The molecule has 1 saturated heterocycles. The first-order chi connectivity index (χ1) is 3.00. The first-order valence-corrected chi connectivity index (χ1v) is 4.85. The molecule has 1 heterocycles. The Kier molecular flexibility index (Phi) is 6.76. The minimum atomic E-state index is 0. The van der Waals surface area contributed by atoms with Crippen molar-refractivity contribution in [2.24, 2.45) is 0 Å². The second kappa shape index (κ2) is 5.59. The quantitative estimate of drug-likeness (QED) is 0.219. The Bertz CT molecular complexity index is 25.2. The first-order valence-electron chi connectivity index (χ1n) is 2.28. The van der Waals surface area contributed by atoms with Crippen LogP contribution in [0.4, 0.5) is 0 Å². The Balaban J connectivity index is 0.000000360.